The van der Waals surface area contributed by atoms with Gasteiger partial charge in [0.25, 0.3) is 0 Å². The Morgan fingerprint density at radius 1 is 1.19 bits per heavy atom. The number of aryl methyl sites for hydroxylation is 1. The van der Waals surface area contributed by atoms with Crippen molar-refractivity contribution in [2.45, 2.75) is 24.8 Å². The molecule has 21 heavy (non-hydrogen) atoms. The number of benzene rings is 2. The van der Waals surface area contributed by atoms with Gasteiger partial charge < -0.3 is 5.32 Å². The second-order valence-electron chi connectivity index (χ2n) is 4.82. The van der Waals surface area contributed by atoms with Crippen LogP contribution in [0.1, 0.15) is 17.5 Å². The highest BCUT2D eigenvalue weighted by Crippen LogP contribution is 2.20. The molecule has 2 nitrogen and oxygen atoms in total. The van der Waals surface area contributed by atoms with Crippen molar-refractivity contribution in [2.75, 3.05) is 5.75 Å². The molecule has 4 heteroatoms. The summed E-state index contributed by atoms with van der Waals surface area (Å²) in [7, 11) is 0. The molecule has 0 saturated carbocycles. The van der Waals surface area contributed by atoms with Crippen LogP contribution in [0.3, 0.4) is 0 Å². The number of amides is 1. The van der Waals surface area contributed by atoms with Crippen molar-refractivity contribution in [3.05, 3.63) is 64.7 Å². The van der Waals surface area contributed by atoms with Gasteiger partial charge in [0.05, 0.1) is 0 Å². The average Bonchev–Trinajstić information content (AvgIpc) is 2.47. The molecule has 1 amide bonds. The third-order valence-electron chi connectivity index (χ3n) is 2.98. The van der Waals surface area contributed by atoms with Gasteiger partial charge >= 0.3 is 0 Å². The molecule has 2 aromatic carbocycles. The van der Waals surface area contributed by atoms with Crippen LogP contribution in [0.2, 0.25) is 5.02 Å². The van der Waals surface area contributed by atoms with Crippen LogP contribution in [0.25, 0.3) is 0 Å². The van der Waals surface area contributed by atoms with Gasteiger partial charge in [-0.2, -0.15) is 0 Å². The average molecular weight is 320 g/mol. The second-order valence-corrected chi connectivity index (χ2v) is 6.42. The Labute approximate surface area is 134 Å². The third-order valence-corrected chi connectivity index (χ3v) is 4.25. The number of nitrogens with one attached hydrogen (secondary N) is 1. The van der Waals surface area contributed by atoms with Crippen LogP contribution in [0.5, 0.6) is 0 Å². The van der Waals surface area contributed by atoms with Crippen molar-refractivity contribution in [3.8, 4) is 0 Å². The first-order chi connectivity index (χ1) is 10.1. The van der Waals surface area contributed by atoms with Gasteiger partial charge in [0.2, 0.25) is 5.91 Å². The number of thioether (sulfide) groups is 1. The Balaban J connectivity index is 1.69. The van der Waals surface area contributed by atoms with E-state index in [1.165, 1.54) is 5.56 Å². The highest BCUT2D eigenvalue weighted by atomic mass is 35.5. The van der Waals surface area contributed by atoms with Crippen molar-refractivity contribution in [3.63, 3.8) is 0 Å². The van der Waals surface area contributed by atoms with Gasteiger partial charge in [-0.3, -0.25) is 4.79 Å². The molecular formula is C17H18ClNOS. The Bertz CT molecular complexity index is 598. The third kappa shape index (κ3) is 5.82. The summed E-state index contributed by atoms with van der Waals surface area (Å²) in [5.41, 5.74) is 2.34. The van der Waals surface area contributed by atoms with Crippen molar-refractivity contribution in [1.29, 1.82) is 0 Å². The lowest BCUT2D eigenvalue weighted by Gasteiger charge is -2.06. The van der Waals surface area contributed by atoms with E-state index in [1.54, 1.807) is 11.8 Å². The summed E-state index contributed by atoms with van der Waals surface area (Å²) in [6.45, 7) is 2.64. The van der Waals surface area contributed by atoms with Crippen LogP contribution in [0.4, 0.5) is 0 Å². The van der Waals surface area contributed by atoms with E-state index in [0.29, 0.717) is 13.0 Å². The molecule has 2 rings (SSSR count). The van der Waals surface area contributed by atoms with E-state index in [0.717, 1.165) is 21.2 Å². The summed E-state index contributed by atoms with van der Waals surface area (Å²) in [6, 6.07) is 15.8. The van der Waals surface area contributed by atoms with Crippen LogP contribution in [0.15, 0.2) is 53.4 Å². The minimum atomic E-state index is 0.0815. The Kier molecular flexibility index (Phi) is 6.15. The van der Waals surface area contributed by atoms with Crippen molar-refractivity contribution in [1.82, 2.24) is 5.32 Å². The highest BCUT2D eigenvalue weighted by molar-refractivity contribution is 7.99. The van der Waals surface area contributed by atoms with Crippen LogP contribution in [0, 0.1) is 6.92 Å². The molecule has 0 saturated heterocycles. The number of carbonyl (C=O) groups excluding carboxylic acids is 1. The molecular weight excluding hydrogens is 302 g/mol. The number of halogens is 1. The largest absolute Gasteiger partial charge is 0.352 e. The fraction of sp³-hybridized carbons (Fsp3) is 0.235. The molecule has 0 aromatic heterocycles. The monoisotopic (exact) mass is 319 g/mol. The smallest absolute Gasteiger partial charge is 0.221 e. The van der Waals surface area contributed by atoms with Gasteiger partial charge in [-0.1, -0.05) is 41.4 Å². The minimum Gasteiger partial charge on any atom is -0.352 e. The molecule has 0 fully saturated rings. The normalized spacial score (nSPS) is 10.4. The molecule has 0 aliphatic carbocycles. The topological polar surface area (TPSA) is 29.1 Å². The number of hydrogen-bond acceptors (Lipinski definition) is 2. The van der Waals surface area contributed by atoms with Crippen LogP contribution >= 0.6 is 23.4 Å². The van der Waals surface area contributed by atoms with Gasteiger partial charge in [0, 0.05) is 28.6 Å². The molecule has 0 aliphatic rings. The van der Waals surface area contributed by atoms with E-state index in [2.05, 4.69) is 11.4 Å². The fourth-order valence-electron chi connectivity index (χ4n) is 1.90. The molecule has 0 aliphatic heterocycles. The molecule has 0 spiro atoms. The van der Waals surface area contributed by atoms with E-state index in [1.807, 2.05) is 49.4 Å². The summed E-state index contributed by atoms with van der Waals surface area (Å²) in [5.74, 6) is 0.847. The van der Waals surface area contributed by atoms with Gasteiger partial charge in [-0.15, -0.1) is 11.8 Å². The minimum absolute atomic E-state index is 0.0815. The van der Waals surface area contributed by atoms with E-state index >= 15 is 0 Å². The maximum Gasteiger partial charge on any atom is 0.221 e. The molecule has 0 heterocycles. The van der Waals surface area contributed by atoms with E-state index in [4.69, 9.17) is 11.6 Å². The maximum atomic E-state index is 11.8. The predicted octanol–water partition coefficient (Wildman–Crippen LogP) is 4.45. The van der Waals surface area contributed by atoms with Gasteiger partial charge in [0.1, 0.15) is 0 Å². The van der Waals surface area contributed by atoms with E-state index in [9.17, 15) is 4.79 Å². The fourth-order valence-corrected chi connectivity index (χ4v) is 2.88. The molecule has 0 atom stereocenters. The van der Waals surface area contributed by atoms with Crippen LogP contribution in [-0.2, 0) is 11.3 Å². The summed E-state index contributed by atoms with van der Waals surface area (Å²) >= 11 is 7.50. The molecule has 0 bridgehead atoms. The van der Waals surface area contributed by atoms with Gasteiger partial charge in [-0.25, -0.2) is 0 Å². The number of rotatable bonds is 6. The Hall–Kier alpha value is -1.45. The first-order valence-electron chi connectivity index (χ1n) is 6.84. The van der Waals surface area contributed by atoms with Crippen LogP contribution < -0.4 is 5.32 Å². The molecule has 110 valence electrons. The van der Waals surface area contributed by atoms with Gasteiger partial charge in [0.15, 0.2) is 0 Å². The zero-order chi connectivity index (χ0) is 15.1. The Morgan fingerprint density at radius 2 is 1.95 bits per heavy atom. The Morgan fingerprint density at radius 3 is 2.67 bits per heavy atom. The summed E-state index contributed by atoms with van der Waals surface area (Å²) in [6.07, 6.45) is 0.513. The second kappa shape index (κ2) is 8.11. The lowest BCUT2D eigenvalue weighted by atomic mass is 10.1. The SMILES string of the molecule is Cc1cccc(CNC(=O)CCSc2ccc(Cl)cc2)c1. The summed E-state index contributed by atoms with van der Waals surface area (Å²) in [5, 5.41) is 3.68. The lowest BCUT2D eigenvalue weighted by Crippen LogP contribution is -2.23. The summed E-state index contributed by atoms with van der Waals surface area (Å²) < 4.78 is 0. The zero-order valence-corrected chi connectivity index (χ0v) is 13.5. The molecule has 0 radical (unpaired) electrons. The maximum absolute atomic E-state index is 11.8. The molecule has 1 N–H and O–H groups in total. The lowest BCUT2D eigenvalue weighted by molar-refractivity contribution is -0.120. The predicted molar refractivity (Wildman–Crippen MR) is 89.8 cm³/mol. The molecule has 0 unspecified atom stereocenters. The van der Waals surface area contributed by atoms with Gasteiger partial charge in [-0.05, 0) is 36.8 Å². The standard InChI is InChI=1S/C17H18ClNOS/c1-13-3-2-4-14(11-13)12-19-17(20)9-10-21-16-7-5-15(18)6-8-16/h2-8,11H,9-10,12H2,1H3,(H,19,20). The van der Waals surface area contributed by atoms with Crippen LogP contribution in [-0.4, -0.2) is 11.7 Å². The number of carbonyl (C=O) groups is 1. The zero-order valence-electron chi connectivity index (χ0n) is 11.9. The van der Waals surface area contributed by atoms with Crippen molar-refractivity contribution >= 4 is 29.3 Å². The molecule has 2 aromatic rings. The first kappa shape index (κ1) is 15.9. The van der Waals surface area contributed by atoms with E-state index < -0.39 is 0 Å². The van der Waals surface area contributed by atoms with E-state index in [-0.39, 0.29) is 5.91 Å². The van der Waals surface area contributed by atoms with Crippen molar-refractivity contribution in [2.24, 2.45) is 0 Å². The highest BCUT2D eigenvalue weighted by Gasteiger charge is 2.02. The summed E-state index contributed by atoms with van der Waals surface area (Å²) in [4.78, 5) is 12.9. The quantitative estimate of drug-likeness (QED) is 0.797. The van der Waals surface area contributed by atoms with Crippen molar-refractivity contribution < 1.29 is 4.79 Å². The number of hydrogen-bond donors (Lipinski definition) is 1. The first-order valence-corrected chi connectivity index (χ1v) is 8.20.